The molecule has 8 N–H and O–H groups in total. The monoisotopic (exact) mass is 593 g/mol. The lowest BCUT2D eigenvalue weighted by atomic mass is 10.0. The van der Waals surface area contributed by atoms with Gasteiger partial charge in [-0.1, -0.05) is 13.8 Å². The largest absolute Gasteiger partial charge is 0.481 e. The first-order valence-corrected chi connectivity index (χ1v) is 12.7. The predicted molar refractivity (Wildman–Crippen MR) is 146 cm³/mol. The van der Waals surface area contributed by atoms with E-state index in [-0.39, 0.29) is 24.2 Å². The van der Waals surface area contributed by atoms with Crippen molar-refractivity contribution in [2.45, 2.75) is 71.1 Å². The van der Waals surface area contributed by atoms with E-state index in [1.165, 1.54) is 26.0 Å². The molecule has 4 atom stereocenters. The van der Waals surface area contributed by atoms with Crippen LogP contribution in [-0.4, -0.2) is 75.6 Å². The Hall–Kier alpha value is -5.09. The van der Waals surface area contributed by atoms with E-state index >= 15 is 0 Å². The SMILES string of the molecule is CC(=O)NC(C)C(=O)NC(CCC(N)=O)C(=O)NC(C(=O)NC(CC(=O)O)C(=O)Nc1ccc([N+](=O)[O-])cc1)C(C)C. The van der Waals surface area contributed by atoms with E-state index in [0.717, 1.165) is 12.1 Å². The lowest BCUT2D eigenvalue weighted by Gasteiger charge is -2.27. The van der Waals surface area contributed by atoms with Crippen LogP contribution in [0, 0.1) is 16.0 Å². The summed E-state index contributed by atoms with van der Waals surface area (Å²) in [4.78, 5) is 95.7. The number of nitro benzene ring substituents is 1. The number of aliphatic carboxylic acids is 1. The number of carboxylic acid groups (broad SMARTS) is 1. The first kappa shape index (κ1) is 34.9. The van der Waals surface area contributed by atoms with Crippen LogP contribution in [0.3, 0.4) is 0 Å². The van der Waals surface area contributed by atoms with Crippen molar-refractivity contribution in [1.82, 2.24) is 21.3 Å². The van der Waals surface area contributed by atoms with Crippen molar-refractivity contribution in [3.05, 3.63) is 34.4 Å². The quantitative estimate of drug-likeness (QED) is 0.0898. The van der Waals surface area contributed by atoms with Crippen LogP contribution < -0.4 is 32.3 Å². The lowest BCUT2D eigenvalue weighted by Crippen LogP contribution is -2.59. The second kappa shape index (κ2) is 16.2. The number of rotatable bonds is 16. The maximum Gasteiger partial charge on any atom is 0.305 e. The van der Waals surface area contributed by atoms with Crippen molar-refractivity contribution in [3.63, 3.8) is 0 Å². The molecule has 0 aromatic heterocycles. The number of nitrogens with two attached hydrogens (primary N) is 1. The van der Waals surface area contributed by atoms with Crippen molar-refractivity contribution in [3.8, 4) is 0 Å². The highest BCUT2D eigenvalue weighted by molar-refractivity contribution is 6.00. The highest BCUT2D eigenvalue weighted by atomic mass is 16.6. The van der Waals surface area contributed by atoms with Gasteiger partial charge in [0.05, 0.1) is 11.3 Å². The molecule has 1 aromatic rings. The maximum atomic E-state index is 13.1. The summed E-state index contributed by atoms with van der Waals surface area (Å²) in [6.07, 6.45) is -1.36. The Kier molecular flexibility index (Phi) is 13.5. The van der Waals surface area contributed by atoms with Crippen LogP contribution in [0.25, 0.3) is 0 Å². The van der Waals surface area contributed by atoms with Gasteiger partial charge in [0, 0.05) is 31.2 Å². The first-order valence-electron chi connectivity index (χ1n) is 12.7. The molecule has 0 radical (unpaired) electrons. The molecule has 1 rings (SSSR count). The molecule has 0 bridgehead atoms. The normalized spacial score (nSPS) is 13.5. The fourth-order valence-electron chi connectivity index (χ4n) is 3.55. The Morgan fingerprint density at radius 3 is 1.90 bits per heavy atom. The molecule has 4 unspecified atom stereocenters. The minimum absolute atomic E-state index is 0.102. The lowest BCUT2D eigenvalue weighted by molar-refractivity contribution is -0.384. The minimum Gasteiger partial charge on any atom is -0.481 e. The number of nitrogens with one attached hydrogen (secondary N) is 5. The van der Waals surface area contributed by atoms with Gasteiger partial charge >= 0.3 is 5.97 Å². The van der Waals surface area contributed by atoms with Gasteiger partial charge in [0.1, 0.15) is 24.2 Å². The number of carboxylic acids is 1. The van der Waals surface area contributed by atoms with E-state index < -0.39 is 82.8 Å². The fourth-order valence-corrected chi connectivity index (χ4v) is 3.55. The van der Waals surface area contributed by atoms with Gasteiger partial charge in [-0.2, -0.15) is 0 Å². The number of carbonyl (C=O) groups excluding carboxylic acids is 6. The summed E-state index contributed by atoms with van der Waals surface area (Å²) in [6, 6.07) is -0.601. The number of primary amides is 1. The van der Waals surface area contributed by atoms with Gasteiger partial charge in [-0.3, -0.25) is 43.7 Å². The summed E-state index contributed by atoms with van der Waals surface area (Å²) in [5.41, 5.74) is 5.03. The van der Waals surface area contributed by atoms with Gasteiger partial charge in [0.25, 0.3) is 5.69 Å². The summed E-state index contributed by atoms with van der Waals surface area (Å²) in [6.45, 7) is 5.68. The summed E-state index contributed by atoms with van der Waals surface area (Å²) in [5, 5.41) is 32.0. The Balaban J connectivity index is 3.08. The van der Waals surface area contributed by atoms with Crippen molar-refractivity contribution in [2.24, 2.45) is 11.7 Å². The molecule has 0 aliphatic carbocycles. The van der Waals surface area contributed by atoms with Gasteiger partial charge in [-0.15, -0.1) is 0 Å². The van der Waals surface area contributed by atoms with E-state index in [0.29, 0.717) is 0 Å². The Bertz CT molecular complexity index is 1200. The fraction of sp³-hybridized carbons (Fsp3) is 0.480. The van der Waals surface area contributed by atoms with Gasteiger partial charge in [0.15, 0.2) is 0 Å². The smallest absolute Gasteiger partial charge is 0.305 e. The van der Waals surface area contributed by atoms with Crippen molar-refractivity contribution < 1.29 is 43.6 Å². The molecule has 0 saturated heterocycles. The summed E-state index contributed by atoms with van der Waals surface area (Å²) in [7, 11) is 0. The predicted octanol–water partition coefficient (Wildman–Crippen LogP) is -1.09. The second-order valence-electron chi connectivity index (χ2n) is 9.67. The van der Waals surface area contributed by atoms with Crippen LogP contribution in [-0.2, 0) is 33.6 Å². The molecule has 17 heteroatoms. The van der Waals surface area contributed by atoms with Crippen LogP contribution >= 0.6 is 0 Å². The number of carbonyl (C=O) groups is 7. The Morgan fingerprint density at radius 2 is 1.43 bits per heavy atom. The molecule has 0 spiro atoms. The van der Waals surface area contributed by atoms with Gasteiger partial charge in [-0.25, -0.2) is 0 Å². The van der Waals surface area contributed by atoms with Crippen molar-refractivity contribution in [2.75, 3.05) is 5.32 Å². The Labute approximate surface area is 240 Å². The number of amides is 6. The van der Waals surface area contributed by atoms with E-state index in [4.69, 9.17) is 5.73 Å². The molecule has 17 nitrogen and oxygen atoms in total. The number of nitro groups is 1. The Morgan fingerprint density at radius 1 is 0.857 bits per heavy atom. The molecule has 0 heterocycles. The van der Waals surface area contributed by atoms with Crippen LogP contribution in [0.5, 0.6) is 0 Å². The average Bonchev–Trinajstić information content (AvgIpc) is 2.88. The van der Waals surface area contributed by atoms with Crippen LogP contribution in [0.1, 0.15) is 47.0 Å². The minimum atomic E-state index is -1.60. The molecule has 42 heavy (non-hydrogen) atoms. The standard InChI is InChI=1S/C25H35N7O10/c1-12(2)21(31-23(38)17(9-10-19(26)34)29-22(37)13(3)27-14(4)33)25(40)30-18(11-20(35)36)24(39)28-15-5-7-16(8-6-15)32(41)42/h5-8,12-13,17-18,21H,9-11H2,1-4H3,(H2,26,34)(H,27,33)(H,28,39)(H,29,37)(H,30,40)(H,31,38)(H,35,36). The zero-order chi connectivity index (χ0) is 32.1. The first-order chi connectivity index (χ1) is 19.5. The second-order valence-corrected chi connectivity index (χ2v) is 9.67. The zero-order valence-electron chi connectivity index (χ0n) is 23.5. The van der Waals surface area contributed by atoms with E-state index in [2.05, 4.69) is 26.6 Å². The summed E-state index contributed by atoms with van der Waals surface area (Å²) >= 11 is 0. The number of non-ortho nitro benzene ring substituents is 1. The number of nitrogens with zero attached hydrogens (tertiary/aromatic N) is 1. The molecule has 0 aliphatic rings. The average molecular weight is 594 g/mol. The number of anilines is 1. The maximum absolute atomic E-state index is 13.1. The number of hydrogen-bond donors (Lipinski definition) is 7. The van der Waals surface area contributed by atoms with E-state index in [9.17, 15) is 48.8 Å². The summed E-state index contributed by atoms with van der Waals surface area (Å²) < 4.78 is 0. The zero-order valence-corrected chi connectivity index (χ0v) is 23.5. The molecule has 1 aromatic carbocycles. The third kappa shape index (κ3) is 12.0. The molecule has 0 aliphatic heterocycles. The molecule has 6 amide bonds. The van der Waals surface area contributed by atoms with Crippen molar-refractivity contribution in [1.29, 1.82) is 0 Å². The number of benzene rings is 1. The number of hydrogen-bond acceptors (Lipinski definition) is 9. The highest BCUT2D eigenvalue weighted by Crippen LogP contribution is 2.16. The van der Waals surface area contributed by atoms with Crippen LogP contribution in [0.2, 0.25) is 0 Å². The van der Waals surface area contributed by atoms with Gasteiger partial charge < -0.3 is 37.4 Å². The molecular weight excluding hydrogens is 558 g/mol. The van der Waals surface area contributed by atoms with E-state index in [1.807, 2.05) is 0 Å². The molecule has 230 valence electrons. The van der Waals surface area contributed by atoms with E-state index in [1.54, 1.807) is 13.8 Å². The van der Waals surface area contributed by atoms with Gasteiger partial charge in [-0.05, 0) is 31.4 Å². The summed E-state index contributed by atoms with van der Waals surface area (Å²) in [5.74, 6) is -6.76. The molecule has 0 fully saturated rings. The third-order valence-corrected chi connectivity index (χ3v) is 5.73. The van der Waals surface area contributed by atoms with Crippen LogP contribution in [0.4, 0.5) is 11.4 Å². The highest BCUT2D eigenvalue weighted by Gasteiger charge is 2.33. The topological polar surface area (TPSA) is 269 Å². The van der Waals surface area contributed by atoms with Crippen LogP contribution in [0.15, 0.2) is 24.3 Å². The van der Waals surface area contributed by atoms with Crippen molar-refractivity contribution >= 4 is 52.8 Å². The third-order valence-electron chi connectivity index (χ3n) is 5.73. The molecule has 0 saturated carbocycles. The van der Waals surface area contributed by atoms with Gasteiger partial charge in [0.2, 0.25) is 35.4 Å². The molecular formula is C25H35N7O10.